The maximum absolute atomic E-state index is 13.1. The maximum atomic E-state index is 13.1. The monoisotopic (exact) mass is 428 g/mol. The summed E-state index contributed by atoms with van der Waals surface area (Å²) >= 11 is 0. The molecule has 1 N–H and O–H groups in total. The molecule has 0 unspecified atom stereocenters. The molecule has 2 aromatic rings. The minimum absolute atomic E-state index is 0.0877. The first-order valence-corrected chi connectivity index (χ1v) is 11.9. The zero-order valence-electron chi connectivity index (χ0n) is 16.1. The van der Waals surface area contributed by atoms with Crippen molar-refractivity contribution in [3.05, 3.63) is 53.8 Å². The van der Waals surface area contributed by atoms with Crippen molar-refractivity contribution in [2.24, 2.45) is 0 Å². The van der Waals surface area contributed by atoms with Crippen molar-refractivity contribution in [2.45, 2.75) is 35.5 Å². The van der Waals surface area contributed by atoms with Gasteiger partial charge in [-0.1, -0.05) is 19.9 Å². The van der Waals surface area contributed by atoms with Crippen LogP contribution in [0.1, 0.15) is 19.4 Å². The quantitative estimate of drug-likeness (QED) is 0.621. The Bertz CT molecular complexity index is 1020. The fourth-order valence-corrected chi connectivity index (χ4v) is 5.39. The van der Waals surface area contributed by atoms with E-state index in [2.05, 4.69) is 9.62 Å². The van der Waals surface area contributed by atoms with Crippen LogP contribution in [0.3, 0.4) is 0 Å². The lowest BCUT2D eigenvalue weighted by atomic mass is 10.2. The van der Waals surface area contributed by atoms with E-state index in [-0.39, 0.29) is 21.2 Å². The first-order chi connectivity index (χ1) is 13.1. The molecule has 9 heteroatoms. The van der Waals surface area contributed by atoms with Gasteiger partial charge in [-0.15, -0.1) is 0 Å². The number of hydrogen-bond donors (Lipinski definition) is 1. The van der Waals surface area contributed by atoms with Gasteiger partial charge in [0.1, 0.15) is 5.82 Å². The number of likely N-dealkylation sites (N-methyl/N-ethyl adjacent to an activating group) is 1. The van der Waals surface area contributed by atoms with Gasteiger partial charge in [-0.25, -0.2) is 25.9 Å². The van der Waals surface area contributed by atoms with Crippen molar-refractivity contribution < 1.29 is 21.2 Å². The average molecular weight is 429 g/mol. The van der Waals surface area contributed by atoms with E-state index in [9.17, 15) is 21.2 Å². The third-order valence-corrected chi connectivity index (χ3v) is 7.87. The van der Waals surface area contributed by atoms with E-state index in [0.717, 1.165) is 43.4 Å². The van der Waals surface area contributed by atoms with Gasteiger partial charge in [-0.3, -0.25) is 0 Å². The van der Waals surface area contributed by atoms with E-state index >= 15 is 0 Å². The molecule has 2 rings (SSSR count). The topological polar surface area (TPSA) is 83.6 Å². The first kappa shape index (κ1) is 22.5. The number of hydrogen-bond acceptors (Lipinski definition) is 5. The molecule has 0 aliphatic heterocycles. The summed E-state index contributed by atoms with van der Waals surface area (Å²) in [6.07, 6.45) is 0. The van der Waals surface area contributed by atoms with Crippen LogP contribution in [-0.4, -0.2) is 47.9 Å². The SMILES string of the molecule is CCN(CC)CCNS(=O)(=O)c1cc(S(=O)(=O)c2ccc(F)cc2)ccc1C. The molecule has 0 saturated carbocycles. The number of sulfonamides is 1. The Morgan fingerprint density at radius 3 is 2.07 bits per heavy atom. The lowest BCUT2D eigenvalue weighted by Gasteiger charge is -2.18. The van der Waals surface area contributed by atoms with Crippen LogP contribution in [0, 0.1) is 12.7 Å². The second-order valence-corrected chi connectivity index (χ2v) is 9.99. The molecule has 0 radical (unpaired) electrons. The molecule has 0 aliphatic carbocycles. The number of nitrogens with one attached hydrogen (secondary N) is 1. The van der Waals surface area contributed by atoms with Gasteiger partial charge in [0.25, 0.3) is 0 Å². The summed E-state index contributed by atoms with van der Waals surface area (Å²) in [5.74, 6) is -0.552. The van der Waals surface area contributed by atoms with Crippen LogP contribution in [0.5, 0.6) is 0 Å². The zero-order valence-corrected chi connectivity index (χ0v) is 17.8. The smallest absolute Gasteiger partial charge is 0.240 e. The van der Waals surface area contributed by atoms with Crippen molar-refractivity contribution in [2.75, 3.05) is 26.2 Å². The van der Waals surface area contributed by atoms with E-state index < -0.39 is 25.7 Å². The molecule has 0 spiro atoms. The van der Waals surface area contributed by atoms with Gasteiger partial charge >= 0.3 is 0 Å². The molecule has 0 heterocycles. The van der Waals surface area contributed by atoms with Gasteiger partial charge in [0.15, 0.2) is 0 Å². The number of benzene rings is 2. The molecule has 0 fully saturated rings. The highest BCUT2D eigenvalue weighted by Crippen LogP contribution is 2.25. The molecule has 28 heavy (non-hydrogen) atoms. The number of rotatable bonds is 9. The van der Waals surface area contributed by atoms with E-state index in [0.29, 0.717) is 12.1 Å². The molecular weight excluding hydrogens is 403 g/mol. The molecular formula is C19H25FN2O4S2. The van der Waals surface area contributed by atoms with Crippen molar-refractivity contribution >= 4 is 19.9 Å². The van der Waals surface area contributed by atoms with Crippen LogP contribution in [0.2, 0.25) is 0 Å². The van der Waals surface area contributed by atoms with Gasteiger partial charge in [-0.05, 0) is 62.0 Å². The van der Waals surface area contributed by atoms with Crippen LogP contribution in [0.4, 0.5) is 4.39 Å². The van der Waals surface area contributed by atoms with Crippen molar-refractivity contribution in [1.29, 1.82) is 0 Å². The van der Waals surface area contributed by atoms with E-state index in [1.54, 1.807) is 6.92 Å². The highest BCUT2D eigenvalue weighted by molar-refractivity contribution is 7.91. The summed E-state index contributed by atoms with van der Waals surface area (Å²) in [7, 11) is -7.84. The lowest BCUT2D eigenvalue weighted by molar-refractivity contribution is 0.309. The van der Waals surface area contributed by atoms with E-state index in [1.807, 2.05) is 13.8 Å². The van der Waals surface area contributed by atoms with Gasteiger partial charge in [0.05, 0.1) is 14.7 Å². The molecule has 6 nitrogen and oxygen atoms in total. The fourth-order valence-electron chi connectivity index (χ4n) is 2.74. The summed E-state index contributed by atoms with van der Waals surface area (Å²) in [6, 6.07) is 8.36. The van der Waals surface area contributed by atoms with Crippen molar-refractivity contribution in [3.63, 3.8) is 0 Å². The Morgan fingerprint density at radius 2 is 1.50 bits per heavy atom. The summed E-state index contributed by atoms with van der Waals surface area (Å²) in [5.41, 5.74) is 0.438. The third-order valence-electron chi connectivity index (χ3n) is 4.50. The largest absolute Gasteiger partial charge is 0.303 e. The number of sulfone groups is 1. The van der Waals surface area contributed by atoms with Gasteiger partial charge in [-0.2, -0.15) is 0 Å². The van der Waals surface area contributed by atoms with E-state index in [4.69, 9.17) is 0 Å². The first-order valence-electron chi connectivity index (χ1n) is 8.95. The summed E-state index contributed by atoms with van der Waals surface area (Å²) in [6.45, 7) is 7.98. The maximum Gasteiger partial charge on any atom is 0.240 e. The Morgan fingerprint density at radius 1 is 0.929 bits per heavy atom. The minimum Gasteiger partial charge on any atom is -0.303 e. The number of nitrogens with zero attached hydrogens (tertiary/aromatic N) is 1. The van der Waals surface area contributed by atoms with Gasteiger partial charge in [0.2, 0.25) is 19.9 Å². The number of aryl methyl sites for hydroxylation is 1. The predicted octanol–water partition coefficient (Wildman–Crippen LogP) is 2.59. The van der Waals surface area contributed by atoms with Crippen molar-refractivity contribution in [1.82, 2.24) is 9.62 Å². The number of halogens is 1. The lowest BCUT2D eigenvalue weighted by Crippen LogP contribution is -2.35. The Balaban J connectivity index is 2.33. The molecule has 0 aliphatic rings. The fraction of sp³-hybridized carbons (Fsp3) is 0.368. The van der Waals surface area contributed by atoms with Crippen LogP contribution in [-0.2, 0) is 19.9 Å². The Kier molecular flexibility index (Phi) is 7.33. The molecule has 0 bridgehead atoms. The Hall–Kier alpha value is -1.81. The molecule has 2 aromatic carbocycles. The molecule has 0 saturated heterocycles. The second-order valence-electron chi connectivity index (χ2n) is 6.31. The molecule has 0 amide bonds. The van der Waals surface area contributed by atoms with Crippen LogP contribution < -0.4 is 4.72 Å². The normalized spacial score (nSPS) is 12.5. The summed E-state index contributed by atoms with van der Waals surface area (Å²) < 4.78 is 66.6. The van der Waals surface area contributed by atoms with E-state index in [1.165, 1.54) is 12.1 Å². The van der Waals surface area contributed by atoms with Gasteiger partial charge < -0.3 is 4.90 Å². The average Bonchev–Trinajstić information content (AvgIpc) is 2.65. The van der Waals surface area contributed by atoms with Crippen LogP contribution in [0.25, 0.3) is 0 Å². The van der Waals surface area contributed by atoms with Crippen LogP contribution in [0.15, 0.2) is 57.2 Å². The standard InChI is InChI=1S/C19H25FN2O4S2/c1-4-22(5-2)13-12-21-28(25,26)19-14-18(9-6-15(19)3)27(23,24)17-10-7-16(20)8-11-17/h6-11,14,21H,4-5,12-13H2,1-3H3. The Labute approximate surface area is 166 Å². The molecule has 0 atom stereocenters. The highest BCUT2D eigenvalue weighted by atomic mass is 32.2. The minimum atomic E-state index is -3.96. The predicted molar refractivity (Wildman–Crippen MR) is 106 cm³/mol. The third kappa shape index (κ3) is 5.16. The van der Waals surface area contributed by atoms with Crippen molar-refractivity contribution in [3.8, 4) is 0 Å². The van der Waals surface area contributed by atoms with Gasteiger partial charge in [0, 0.05) is 13.1 Å². The summed E-state index contributed by atoms with van der Waals surface area (Å²) in [5, 5.41) is 0. The van der Waals surface area contributed by atoms with Crippen LogP contribution >= 0.6 is 0 Å². The molecule has 0 aromatic heterocycles. The molecule has 154 valence electrons. The zero-order chi connectivity index (χ0) is 20.9. The summed E-state index contributed by atoms with van der Waals surface area (Å²) in [4.78, 5) is 1.73. The highest BCUT2D eigenvalue weighted by Gasteiger charge is 2.23. The second kappa shape index (κ2) is 9.13.